The van der Waals surface area contributed by atoms with Crippen LogP contribution in [0.15, 0.2) is 36.5 Å². The average Bonchev–Trinajstić information content (AvgIpc) is 2.91. The highest BCUT2D eigenvalue weighted by Crippen LogP contribution is 2.12. The van der Waals surface area contributed by atoms with Gasteiger partial charge in [0.25, 0.3) is 0 Å². The molecule has 0 saturated carbocycles. The highest BCUT2D eigenvalue weighted by molar-refractivity contribution is 5.91. The van der Waals surface area contributed by atoms with Crippen LogP contribution in [0, 0.1) is 6.92 Å². The molecule has 22 heavy (non-hydrogen) atoms. The van der Waals surface area contributed by atoms with Crippen molar-refractivity contribution in [3.05, 3.63) is 53.4 Å². The third kappa shape index (κ3) is 3.97. The van der Waals surface area contributed by atoms with Gasteiger partial charge >= 0.3 is 0 Å². The van der Waals surface area contributed by atoms with Crippen LogP contribution in [0.2, 0.25) is 0 Å². The van der Waals surface area contributed by atoms with Crippen LogP contribution in [0.25, 0.3) is 6.08 Å². The van der Waals surface area contributed by atoms with Gasteiger partial charge in [0.05, 0.1) is 13.3 Å². The van der Waals surface area contributed by atoms with Crippen LogP contribution in [-0.4, -0.2) is 22.8 Å². The van der Waals surface area contributed by atoms with Crippen LogP contribution in [0.1, 0.15) is 23.7 Å². The number of aromatic nitrogens is 2. The molecule has 5 heteroatoms. The second kappa shape index (κ2) is 7.45. The van der Waals surface area contributed by atoms with E-state index in [9.17, 15) is 4.79 Å². The maximum atomic E-state index is 11.9. The van der Waals surface area contributed by atoms with Gasteiger partial charge < -0.3 is 10.1 Å². The number of amides is 1. The molecular formula is C17H21N3O2. The first-order valence-corrected chi connectivity index (χ1v) is 7.25. The van der Waals surface area contributed by atoms with E-state index in [-0.39, 0.29) is 5.91 Å². The van der Waals surface area contributed by atoms with E-state index < -0.39 is 0 Å². The summed E-state index contributed by atoms with van der Waals surface area (Å²) in [6.07, 6.45) is 5.10. The molecule has 5 nitrogen and oxygen atoms in total. The van der Waals surface area contributed by atoms with Gasteiger partial charge in [0.2, 0.25) is 5.91 Å². The fourth-order valence-corrected chi connectivity index (χ4v) is 2.11. The van der Waals surface area contributed by atoms with E-state index in [0.717, 1.165) is 29.1 Å². The Morgan fingerprint density at radius 1 is 1.36 bits per heavy atom. The Morgan fingerprint density at radius 2 is 2.09 bits per heavy atom. The molecule has 1 aromatic heterocycles. The standard InChI is InChI=1S/C17H21N3O2/c1-4-20-13(2)15(12-19-20)11-18-17(21)10-7-14-5-8-16(22-3)9-6-14/h5-10,12H,4,11H2,1-3H3,(H,18,21)/b10-7+. The molecule has 116 valence electrons. The fourth-order valence-electron chi connectivity index (χ4n) is 2.11. The largest absolute Gasteiger partial charge is 0.497 e. The van der Waals surface area contributed by atoms with Gasteiger partial charge in [-0.15, -0.1) is 0 Å². The summed E-state index contributed by atoms with van der Waals surface area (Å²) in [6, 6.07) is 7.52. The molecule has 2 rings (SSSR count). The van der Waals surface area contributed by atoms with Gasteiger partial charge in [-0.3, -0.25) is 9.48 Å². The molecule has 1 N–H and O–H groups in total. The van der Waals surface area contributed by atoms with Gasteiger partial charge in [0.15, 0.2) is 0 Å². The molecule has 1 heterocycles. The molecule has 1 amide bonds. The molecule has 0 fully saturated rings. The van der Waals surface area contributed by atoms with Crippen LogP contribution >= 0.6 is 0 Å². The predicted octanol–water partition coefficient (Wildman–Crippen LogP) is 2.55. The number of aryl methyl sites for hydroxylation is 1. The number of carbonyl (C=O) groups is 1. The van der Waals surface area contributed by atoms with E-state index in [4.69, 9.17) is 4.74 Å². The molecule has 0 unspecified atom stereocenters. The zero-order valence-electron chi connectivity index (χ0n) is 13.2. The van der Waals surface area contributed by atoms with E-state index in [2.05, 4.69) is 10.4 Å². The normalized spacial score (nSPS) is 10.9. The van der Waals surface area contributed by atoms with E-state index >= 15 is 0 Å². The smallest absolute Gasteiger partial charge is 0.244 e. The number of hydrogen-bond donors (Lipinski definition) is 1. The number of benzene rings is 1. The van der Waals surface area contributed by atoms with Crippen molar-refractivity contribution >= 4 is 12.0 Å². The Morgan fingerprint density at radius 3 is 2.68 bits per heavy atom. The van der Waals surface area contributed by atoms with Crippen molar-refractivity contribution in [1.29, 1.82) is 0 Å². The first kappa shape index (κ1) is 15.8. The minimum Gasteiger partial charge on any atom is -0.497 e. The van der Waals surface area contributed by atoms with Gasteiger partial charge in [-0.05, 0) is 37.6 Å². The number of nitrogens with zero attached hydrogens (tertiary/aromatic N) is 2. The Kier molecular flexibility index (Phi) is 5.36. The van der Waals surface area contributed by atoms with Gasteiger partial charge in [0.1, 0.15) is 5.75 Å². The van der Waals surface area contributed by atoms with Crippen molar-refractivity contribution in [3.63, 3.8) is 0 Å². The van der Waals surface area contributed by atoms with Crippen molar-refractivity contribution in [2.45, 2.75) is 26.9 Å². The Labute approximate surface area is 130 Å². The summed E-state index contributed by atoms with van der Waals surface area (Å²) < 4.78 is 7.00. The molecule has 0 radical (unpaired) electrons. The third-order valence-corrected chi connectivity index (χ3v) is 3.50. The zero-order valence-corrected chi connectivity index (χ0v) is 13.2. The van der Waals surface area contributed by atoms with Crippen molar-refractivity contribution in [2.75, 3.05) is 7.11 Å². The molecular weight excluding hydrogens is 278 g/mol. The van der Waals surface area contributed by atoms with Crippen LogP contribution < -0.4 is 10.1 Å². The predicted molar refractivity (Wildman–Crippen MR) is 86.5 cm³/mol. The minimum atomic E-state index is -0.125. The fraction of sp³-hybridized carbons (Fsp3) is 0.294. The summed E-state index contributed by atoms with van der Waals surface area (Å²) in [5.41, 5.74) is 3.07. The molecule has 0 spiro atoms. The summed E-state index contributed by atoms with van der Waals surface area (Å²) >= 11 is 0. The summed E-state index contributed by atoms with van der Waals surface area (Å²) in [4.78, 5) is 11.9. The Hall–Kier alpha value is -2.56. The SMILES string of the molecule is CCn1ncc(CNC(=O)/C=C/c2ccc(OC)cc2)c1C. The highest BCUT2D eigenvalue weighted by Gasteiger charge is 2.05. The topological polar surface area (TPSA) is 56.2 Å². The second-order valence-electron chi connectivity index (χ2n) is 4.90. The number of hydrogen-bond acceptors (Lipinski definition) is 3. The molecule has 0 aliphatic rings. The van der Waals surface area contributed by atoms with Gasteiger partial charge in [-0.1, -0.05) is 12.1 Å². The number of carbonyl (C=O) groups excluding carboxylic acids is 1. The van der Waals surface area contributed by atoms with Crippen molar-refractivity contribution in [3.8, 4) is 5.75 Å². The maximum absolute atomic E-state index is 11.9. The first-order chi connectivity index (χ1) is 10.6. The highest BCUT2D eigenvalue weighted by atomic mass is 16.5. The molecule has 0 atom stereocenters. The zero-order chi connectivity index (χ0) is 15.9. The number of ether oxygens (including phenoxy) is 1. The number of rotatable bonds is 6. The van der Waals surface area contributed by atoms with Crippen LogP contribution in [-0.2, 0) is 17.9 Å². The number of methoxy groups -OCH3 is 1. The Balaban J connectivity index is 1.89. The minimum absolute atomic E-state index is 0.125. The first-order valence-electron chi connectivity index (χ1n) is 7.25. The molecule has 0 saturated heterocycles. The van der Waals surface area contributed by atoms with Crippen LogP contribution in [0.3, 0.4) is 0 Å². The third-order valence-electron chi connectivity index (χ3n) is 3.50. The van der Waals surface area contributed by atoms with E-state index in [1.807, 2.05) is 42.8 Å². The lowest BCUT2D eigenvalue weighted by atomic mass is 10.2. The molecule has 1 aromatic carbocycles. The van der Waals surface area contributed by atoms with E-state index in [0.29, 0.717) is 6.54 Å². The second-order valence-corrected chi connectivity index (χ2v) is 4.90. The van der Waals surface area contributed by atoms with Gasteiger partial charge in [0, 0.05) is 30.4 Å². The van der Waals surface area contributed by atoms with Crippen LogP contribution in [0.4, 0.5) is 0 Å². The monoisotopic (exact) mass is 299 g/mol. The van der Waals surface area contributed by atoms with E-state index in [1.165, 1.54) is 6.08 Å². The summed E-state index contributed by atoms with van der Waals surface area (Å²) in [7, 11) is 1.63. The molecule has 0 aliphatic carbocycles. The lowest BCUT2D eigenvalue weighted by molar-refractivity contribution is -0.116. The molecule has 0 aliphatic heterocycles. The van der Waals surface area contributed by atoms with Gasteiger partial charge in [-0.2, -0.15) is 5.10 Å². The number of nitrogens with one attached hydrogen (secondary N) is 1. The van der Waals surface area contributed by atoms with Crippen molar-refractivity contribution in [2.24, 2.45) is 0 Å². The maximum Gasteiger partial charge on any atom is 0.244 e. The summed E-state index contributed by atoms with van der Waals surface area (Å²) in [6.45, 7) is 5.36. The van der Waals surface area contributed by atoms with Crippen molar-refractivity contribution < 1.29 is 9.53 Å². The van der Waals surface area contributed by atoms with E-state index in [1.54, 1.807) is 19.4 Å². The van der Waals surface area contributed by atoms with Crippen molar-refractivity contribution in [1.82, 2.24) is 15.1 Å². The lowest BCUT2D eigenvalue weighted by Gasteiger charge is -2.03. The molecule has 2 aromatic rings. The summed E-state index contributed by atoms with van der Waals surface area (Å²) in [5, 5.41) is 7.12. The lowest BCUT2D eigenvalue weighted by Crippen LogP contribution is -2.20. The molecule has 0 bridgehead atoms. The quantitative estimate of drug-likeness (QED) is 0.834. The average molecular weight is 299 g/mol. The summed E-state index contributed by atoms with van der Waals surface area (Å²) in [5.74, 6) is 0.671. The Bertz CT molecular complexity index is 657. The van der Waals surface area contributed by atoms with Gasteiger partial charge in [-0.25, -0.2) is 0 Å². The van der Waals surface area contributed by atoms with Crippen LogP contribution in [0.5, 0.6) is 5.75 Å².